The van der Waals surface area contributed by atoms with Gasteiger partial charge in [0, 0.05) is 25.4 Å². The van der Waals surface area contributed by atoms with Gasteiger partial charge in [0.15, 0.2) is 0 Å². The second-order valence-corrected chi connectivity index (χ2v) is 10.7. The quantitative estimate of drug-likeness (QED) is 0.0746. The predicted octanol–water partition coefficient (Wildman–Crippen LogP) is 7.15. The minimum atomic E-state index is -3.10. The van der Waals surface area contributed by atoms with E-state index in [0.717, 1.165) is 44.9 Å². The molecular formula is C25H50O5Si. The lowest BCUT2D eigenvalue weighted by Crippen LogP contribution is -2.46. The first-order valence-corrected chi connectivity index (χ1v) is 14.6. The van der Waals surface area contributed by atoms with Crippen molar-refractivity contribution in [1.82, 2.24) is 0 Å². The van der Waals surface area contributed by atoms with Gasteiger partial charge in [-0.3, -0.25) is 0 Å². The number of hydrogen-bond acceptors (Lipinski definition) is 5. The first-order chi connectivity index (χ1) is 15.0. The van der Waals surface area contributed by atoms with Crippen LogP contribution in [-0.4, -0.2) is 41.2 Å². The largest absolute Gasteiger partial charge is 0.530 e. The fraction of sp³-hybridized carbons (Fsp3) is 0.880. The Kier molecular flexibility index (Phi) is 20.7. The number of rotatable bonds is 22. The van der Waals surface area contributed by atoms with Gasteiger partial charge < -0.3 is 18.0 Å². The Balaban J connectivity index is 5.27. The average molecular weight is 459 g/mol. The van der Waals surface area contributed by atoms with Crippen molar-refractivity contribution in [3.05, 3.63) is 11.3 Å². The van der Waals surface area contributed by atoms with E-state index in [1.54, 1.807) is 6.92 Å². The molecule has 0 aromatic rings. The fourth-order valence-electron chi connectivity index (χ4n) is 3.11. The lowest BCUT2D eigenvalue weighted by atomic mass is 10.2. The summed E-state index contributed by atoms with van der Waals surface area (Å²) < 4.78 is 24.3. The van der Waals surface area contributed by atoms with Crippen molar-refractivity contribution in [3.63, 3.8) is 0 Å². The van der Waals surface area contributed by atoms with Crippen molar-refractivity contribution in [2.45, 2.75) is 118 Å². The summed E-state index contributed by atoms with van der Waals surface area (Å²) in [6.45, 7) is 12.6. The molecule has 0 aliphatic rings. The Morgan fingerprint density at radius 3 is 1.39 bits per heavy atom. The summed E-state index contributed by atoms with van der Waals surface area (Å²) in [6, 6.07) is 0. The van der Waals surface area contributed by atoms with E-state index in [-0.39, 0.29) is 5.97 Å². The smallest absolute Gasteiger partial charge is 0.462 e. The van der Waals surface area contributed by atoms with Crippen LogP contribution in [0, 0.1) is 0 Å². The highest BCUT2D eigenvalue weighted by molar-refractivity contribution is 6.66. The van der Waals surface area contributed by atoms with E-state index in [0.29, 0.717) is 32.0 Å². The SMILES string of the molecule is CCCCCCO[Si](C=C(C)C(=O)OCCC)(OCCCCCC)OCCCCCC. The summed E-state index contributed by atoms with van der Waals surface area (Å²) >= 11 is 0. The van der Waals surface area contributed by atoms with E-state index in [1.165, 1.54) is 38.5 Å². The molecule has 0 amide bonds. The molecule has 0 saturated carbocycles. The van der Waals surface area contributed by atoms with Crippen LogP contribution in [0.1, 0.15) is 118 Å². The number of carbonyl (C=O) groups excluding carboxylic acids is 1. The van der Waals surface area contributed by atoms with Crippen LogP contribution in [0.4, 0.5) is 0 Å². The Morgan fingerprint density at radius 2 is 1.03 bits per heavy atom. The maximum Gasteiger partial charge on any atom is 0.530 e. The Hall–Kier alpha value is -0.693. The van der Waals surface area contributed by atoms with Crippen LogP contribution < -0.4 is 0 Å². The molecule has 5 nitrogen and oxygen atoms in total. The van der Waals surface area contributed by atoms with Crippen molar-refractivity contribution >= 4 is 14.8 Å². The van der Waals surface area contributed by atoms with Gasteiger partial charge in [-0.25, -0.2) is 4.79 Å². The minimum Gasteiger partial charge on any atom is -0.462 e. The average Bonchev–Trinajstić information content (AvgIpc) is 2.77. The van der Waals surface area contributed by atoms with Gasteiger partial charge in [-0.05, 0) is 38.3 Å². The highest BCUT2D eigenvalue weighted by Gasteiger charge is 2.40. The summed E-state index contributed by atoms with van der Waals surface area (Å²) in [5.74, 6) is -0.308. The van der Waals surface area contributed by atoms with E-state index < -0.39 is 8.80 Å². The van der Waals surface area contributed by atoms with Gasteiger partial charge in [-0.15, -0.1) is 0 Å². The molecule has 0 aromatic heterocycles. The van der Waals surface area contributed by atoms with Gasteiger partial charge in [0.2, 0.25) is 0 Å². The molecule has 0 saturated heterocycles. The van der Waals surface area contributed by atoms with Gasteiger partial charge >= 0.3 is 14.8 Å². The van der Waals surface area contributed by atoms with Crippen molar-refractivity contribution in [3.8, 4) is 0 Å². The van der Waals surface area contributed by atoms with Crippen LogP contribution in [0.2, 0.25) is 0 Å². The van der Waals surface area contributed by atoms with Crippen molar-refractivity contribution in [1.29, 1.82) is 0 Å². The van der Waals surface area contributed by atoms with Gasteiger partial charge in [0.25, 0.3) is 0 Å². The molecule has 0 unspecified atom stereocenters. The third-order valence-corrected chi connectivity index (χ3v) is 7.66. The fourth-order valence-corrected chi connectivity index (χ4v) is 5.55. The molecule has 0 radical (unpaired) electrons. The normalized spacial score (nSPS) is 12.4. The first kappa shape index (κ1) is 30.3. The zero-order valence-corrected chi connectivity index (χ0v) is 22.1. The van der Waals surface area contributed by atoms with E-state index >= 15 is 0 Å². The summed E-state index contributed by atoms with van der Waals surface area (Å²) in [6.07, 6.45) is 14.3. The highest BCUT2D eigenvalue weighted by Crippen LogP contribution is 2.19. The molecular weight excluding hydrogens is 408 g/mol. The van der Waals surface area contributed by atoms with Crippen LogP contribution in [0.25, 0.3) is 0 Å². The number of ether oxygens (including phenoxy) is 1. The van der Waals surface area contributed by atoms with Gasteiger partial charge in [-0.1, -0.05) is 85.5 Å². The minimum absolute atomic E-state index is 0.308. The van der Waals surface area contributed by atoms with Gasteiger partial charge in [0.05, 0.1) is 6.61 Å². The van der Waals surface area contributed by atoms with E-state index in [1.807, 2.05) is 12.6 Å². The van der Waals surface area contributed by atoms with Crippen molar-refractivity contribution in [2.24, 2.45) is 0 Å². The third kappa shape index (κ3) is 16.6. The standard InChI is InChI=1S/C25H50O5Si/c1-6-10-13-16-20-28-31(29-21-17-14-11-7-2,30-22-18-15-12-8-3)23-24(5)25(26)27-19-9-4/h23H,6-22H2,1-5H3. The van der Waals surface area contributed by atoms with E-state index in [4.69, 9.17) is 18.0 Å². The molecule has 0 N–H and O–H groups in total. The summed E-state index contributed by atoms with van der Waals surface area (Å²) in [5, 5.41) is 0. The highest BCUT2D eigenvalue weighted by atomic mass is 28.4. The molecule has 0 spiro atoms. The van der Waals surface area contributed by atoms with Crippen LogP contribution in [0.3, 0.4) is 0 Å². The van der Waals surface area contributed by atoms with Crippen molar-refractivity contribution < 1.29 is 22.8 Å². The number of hydrogen-bond donors (Lipinski definition) is 0. The topological polar surface area (TPSA) is 54.0 Å². The first-order valence-electron chi connectivity index (χ1n) is 12.8. The predicted molar refractivity (Wildman–Crippen MR) is 131 cm³/mol. The molecule has 0 heterocycles. The summed E-state index contributed by atoms with van der Waals surface area (Å²) in [4.78, 5) is 12.4. The lowest BCUT2D eigenvalue weighted by molar-refractivity contribution is -0.139. The number of esters is 1. The van der Waals surface area contributed by atoms with Crippen molar-refractivity contribution in [2.75, 3.05) is 26.4 Å². The van der Waals surface area contributed by atoms with Crippen LogP contribution in [-0.2, 0) is 22.8 Å². The molecule has 0 atom stereocenters. The van der Waals surface area contributed by atoms with Crippen LogP contribution in [0.15, 0.2) is 11.3 Å². The Labute approximate surface area is 193 Å². The maximum atomic E-state index is 12.4. The Morgan fingerprint density at radius 1 is 0.613 bits per heavy atom. The molecule has 31 heavy (non-hydrogen) atoms. The molecule has 0 aromatic carbocycles. The van der Waals surface area contributed by atoms with E-state index in [9.17, 15) is 4.79 Å². The second-order valence-electron chi connectivity index (χ2n) is 8.29. The molecule has 0 aliphatic heterocycles. The van der Waals surface area contributed by atoms with Crippen LogP contribution >= 0.6 is 0 Å². The van der Waals surface area contributed by atoms with Gasteiger partial charge in [0.1, 0.15) is 0 Å². The monoisotopic (exact) mass is 458 g/mol. The van der Waals surface area contributed by atoms with Gasteiger partial charge in [-0.2, -0.15) is 0 Å². The molecule has 0 bridgehead atoms. The molecule has 184 valence electrons. The lowest BCUT2D eigenvalue weighted by Gasteiger charge is -2.28. The second kappa shape index (κ2) is 21.2. The summed E-state index contributed by atoms with van der Waals surface area (Å²) in [7, 11) is -3.10. The third-order valence-electron chi connectivity index (χ3n) is 5.06. The molecule has 6 heteroatoms. The van der Waals surface area contributed by atoms with Crippen LogP contribution in [0.5, 0.6) is 0 Å². The molecule has 0 rings (SSSR count). The molecule has 0 aliphatic carbocycles. The van der Waals surface area contributed by atoms with E-state index in [2.05, 4.69) is 20.8 Å². The molecule has 0 fully saturated rings. The zero-order valence-electron chi connectivity index (χ0n) is 21.1. The Bertz CT molecular complexity index is 417. The number of unbranched alkanes of at least 4 members (excludes halogenated alkanes) is 9. The number of carbonyl (C=O) groups is 1. The zero-order chi connectivity index (χ0) is 23.2. The summed E-state index contributed by atoms with van der Waals surface area (Å²) in [5.41, 5.74) is 2.35. The maximum absolute atomic E-state index is 12.4.